The van der Waals surface area contributed by atoms with Crippen molar-refractivity contribution in [3.63, 3.8) is 0 Å². The fourth-order valence-electron chi connectivity index (χ4n) is 4.32. The summed E-state index contributed by atoms with van der Waals surface area (Å²) >= 11 is 0. The van der Waals surface area contributed by atoms with E-state index in [-0.39, 0.29) is 5.41 Å². The van der Waals surface area contributed by atoms with E-state index in [1.807, 2.05) is 20.8 Å². The molecule has 0 aromatic carbocycles. The van der Waals surface area contributed by atoms with Gasteiger partial charge in [0.15, 0.2) is 0 Å². The predicted octanol–water partition coefficient (Wildman–Crippen LogP) is 3.32. The topological polar surface area (TPSA) is 26.8 Å². The molecular weight excluding hydrogens is 310 g/mol. The number of amides is 1. The van der Waals surface area contributed by atoms with Crippen molar-refractivity contribution in [3.8, 4) is 0 Å². The van der Waals surface area contributed by atoms with Crippen LogP contribution in [0.2, 0.25) is 0 Å². The first-order valence-corrected chi connectivity index (χ1v) is 10.3. The molecule has 1 atom stereocenters. The van der Waals surface area contributed by atoms with Crippen molar-refractivity contribution in [1.29, 1.82) is 0 Å². The van der Waals surface area contributed by atoms with Gasteiger partial charge in [-0.2, -0.15) is 0 Å². The first kappa shape index (κ1) is 20.7. The van der Waals surface area contributed by atoms with Gasteiger partial charge >= 0.3 is 0 Å². The van der Waals surface area contributed by atoms with Crippen LogP contribution >= 0.6 is 0 Å². The Balaban J connectivity index is 1.77. The van der Waals surface area contributed by atoms with E-state index in [0.717, 1.165) is 32.1 Å². The van der Waals surface area contributed by atoms with Crippen LogP contribution < -0.4 is 0 Å². The van der Waals surface area contributed by atoms with Crippen LogP contribution in [0.15, 0.2) is 0 Å². The predicted molar refractivity (Wildman–Crippen MR) is 106 cm³/mol. The second kappa shape index (κ2) is 8.39. The van der Waals surface area contributed by atoms with Crippen molar-refractivity contribution in [2.75, 3.05) is 52.9 Å². The highest BCUT2D eigenvalue weighted by Crippen LogP contribution is 2.37. The molecule has 0 aromatic rings. The molecule has 146 valence electrons. The van der Waals surface area contributed by atoms with Gasteiger partial charge in [-0.25, -0.2) is 0 Å². The zero-order valence-corrected chi connectivity index (χ0v) is 17.6. The van der Waals surface area contributed by atoms with E-state index in [0.29, 0.717) is 11.3 Å². The normalized spacial score (nSPS) is 25.0. The summed E-state index contributed by atoms with van der Waals surface area (Å²) < 4.78 is 0. The Hall–Kier alpha value is -0.610. The molecule has 0 radical (unpaired) electrons. The highest BCUT2D eigenvalue weighted by atomic mass is 16.2. The number of piperazine rings is 1. The molecule has 2 saturated heterocycles. The Labute approximate surface area is 155 Å². The molecule has 0 aromatic heterocycles. The quantitative estimate of drug-likeness (QED) is 0.777. The molecule has 0 bridgehead atoms. The van der Waals surface area contributed by atoms with Crippen LogP contribution in [0.4, 0.5) is 0 Å². The molecule has 0 aliphatic carbocycles. The molecule has 2 heterocycles. The van der Waals surface area contributed by atoms with Crippen molar-refractivity contribution < 1.29 is 4.79 Å². The summed E-state index contributed by atoms with van der Waals surface area (Å²) in [7, 11) is 2.26. The van der Waals surface area contributed by atoms with Gasteiger partial charge in [0.05, 0.1) is 0 Å². The van der Waals surface area contributed by atoms with E-state index in [2.05, 4.69) is 35.6 Å². The van der Waals surface area contributed by atoms with E-state index in [1.54, 1.807) is 0 Å². The third kappa shape index (κ3) is 5.96. The molecule has 1 amide bonds. The maximum atomic E-state index is 12.4. The van der Waals surface area contributed by atoms with E-state index in [9.17, 15) is 4.79 Å². The molecular formula is C21H41N3O. The van der Waals surface area contributed by atoms with Crippen LogP contribution in [0.25, 0.3) is 0 Å². The van der Waals surface area contributed by atoms with Crippen molar-refractivity contribution >= 4 is 5.91 Å². The largest absolute Gasteiger partial charge is 0.340 e. The zero-order valence-electron chi connectivity index (χ0n) is 17.6. The van der Waals surface area contributed by atoms with E-state index in [4.69, 9.17) is 0 Å². The average Bonchev–Trinajstić information content (AvgIpc) is 2.77. The highest BCUT2D eigenvalue weighted by Gasteiger charge is 2.33. The van der Waals surface area contributed by atoms with E-state index in [1.165, 1.54) is 45.3 Å². The minimum Gasteiger partial charge on any atom is -0.340 e. The van der Waals surface area contributed by atoms with Crippen LogP contribution in [-0.4, -0.2) is 73.5 Å². The molecule has 0 spiro atoms. The summed E-state index contributed by atoms with van der Waals surface area (Å²) in [6.45, 7) is 18.6. The van der Waals surface area contributed by atoms with E-state index >= 15 is 0 Å². The van der Waals surface area contributed by atoms with Gasteiger partial charge in [0.2, 0.25) is 5.91 Å². The molecule has 0 N–H and O–H groups in total. The summed E-state index contributed by atoms with van der Waals surface area (Å²) in [6.07, 6.45) is 5.34. The summed E-state index contributed by atoms with van der Waals surface area (Å²) in [5, 5.41) is 0. The lowest BCUT2D eigenvalue weighted by Crippen LogP contribution is -2.52. The van der Waals surface area contributed by atoms with Crippen molar-refractivity contribution in [1.82, 2.24) is 14.7 Å². The number of carbonyl (C=O) groups excluding carboxylic acids is 1. The van der Waals surface area contributed by atoms with Crippen LogP contribution in [0.1, 0.15) is 60.3 Å². The Morgan fingerprint density at radius 3 is 2.16 bits per heavy atom. The van der Waals surface area contributed by atoms with Gasteiger partial charge in [0.1, 0.15) is 0 Å². The van der Waals surface area contributed by atoms with Crippen LogP contribution in [0, 0.1) is 16.7 Å². The monoisotopic (exact) mass is 351 g/mol. The Morgan fingerprint density at radius 1 is 0.920 bits per heavy atom. The fourth-order valence-corrected chi connectivity index (χ4v) is 4.32. The molecule has 4 heteroatoms. The number of carbonyl (C=O) groups is 1. The van der Waals surface area contributed by atoms with Crippen LogP contribution in [0.5, 0.6) is 0 Å². The molecule has 0 saturated carbocycles. The zero-order chi connectivity index (χ0) is 18.7. The molecule has 25 heavy (non-hydrogen) atoms. The number of nitrogens with zero attached hydrogens (tertiary/aromatic N) is 3. The maximum Gasteiger partial charge on any atom is 0.228 e. The van der Waals surface area contributed by atoms with Gasteiger partial charge in [0.25, 0.3) is 0 Å². The molecule has 2 aliphatic heterocycles. The Morgan fingerprint density at radius 2 is 1.56 bits per heavy atom. The Bertz CT molecular complexity index is 433. The van der Waals surface area contributed by atoms with Gasteiger partial charge in [0, 0.05) is 31.6 Å². The van der Waals surface area contributed by atoms with Gasteiger partial charge in [-0.3, -0.25) is 9.69 Å². The third-order valence-electron chi connectivity index (χ3n) is 6.43. The van der Waals surface area contributed by atoms with Gasteiger partial charge in [-0.05, 0) is 63.7 Å². The standard InChI is InChI=1S/C21H41N3O/c1-20(2,3)19(25)24-16-14-23(15-17-24)13-10-21(4,5)18-8-7-11-22(6)12-9-18/h18H,7-17H2,1-6H3. The average molecular weight is 352 g/mol. The maximum absolute atomic E-state index is 12.4. The van der Waals surface area contributed by atoms with Crippen LogP contribution in [0.3, 0.4) is 0 Å². The third-order valence-corrected chi connectivity index (χ3v) is 6.43. The van der Waals surface area contributed by atoms with Gasteiger partial charge in [-0.15, -0.1) is 0 Å². The minimum atomic E-state index is -0.253. The molecule has 2 rings (SSSR count). The number of rotatable bonds is 4. The summed E-state index contributed by atoms with van der Waals surface area (Å²) in [5.41, 5.74) is 0.167. The molecule has 4 nitrogen and oxygen atoms in total. The van der Waals surface area contributed by atoms with Crippen molar-refractivity contribution in [3.05, 3.63) is 0 Å². The van der Waals surface area contributed by atoms with Gasteiger partial charge in [-0.1, -0.05) is 34.6 Å². The number of hydrogen-bond donors (Lipinski definition) is 0. The minimum absolute atomic E-state index is 0.253. The summed E-state index contributed by atoms with van der Waals surface area (Å²) in [4.78, 5) is 19.5. The lowest BCUT2D eigenvalue weighted by atomic mass is 9.72. The van der Waals surface area contributed by atoms with Crippen LogP contribution in [-0.2, 0) is 4.79 Å². The second-order valence-corrected chi connectivity index (χ2v) is 10.1. The first-order valence-electron chi connectivity index (χ1n) is 10.3. The second-order valence-electron chi connectivity index (χ2n) is 10.1. The lowest BCUT2D eigenvalue weighted by Gasteiger charge is -2.40. The summed E-state index contributed by atoms with van der Waals surface area (Å²) in [6, 6.07) is 0. The number of likely N-dealkylation sites (tertiary alicyclic amines) is 1. The molecule has 2 aliphatic rings. The fraction of sp³-hybridized carbons (Fsp3) is 0.952. The highest BCUT2D eigenvalue weighted by molar-refractivity contribution is 5.81. The van der Waals surface area contributed by atoms with Crippen molar-refractivity contribution in [2.24, 2.45) is 16.7 Å². The summed E-state index contributed by atoms with van der Waals surface area (Å²) in [5.74, 6) is 1.15. The SMILES string of the molecule is CN1CCCC(C(C)(C)CCN2CCN(C(=O)C(C)(C)C)CC2)CC1. The molecule has 1 unspecified atom stereocenters. The number of hydrogen-bond acceptors (Lipinski definition) is 3. The van der Waals surface area contributed by atoms with Gasteiger partial charge < -0.3 is 9.80 Å². The van der Waals surface area contributed by atoms with E-state index < -0.39 is 0 Å². The smallest absolute Gasteiger partial charge is 0.228 e. The lowest BCUT2D eigenvalue weighted by molar-refractivity contribution is -0.141. The van der Waals surface area contributed by atoms with Crippen molar-refractivity contribution in [2.45, 2.75) is 60.3 Å². The molecule has 2 fully saturated rings. The first-order chi connectivity index (χ1) is 11.6. The Kier molecular flexibility index (Phi) is 6.94.